The molecule has 1 saturated heterocycles. The molecular formula is C13H26N2. The fraction of sp³-hybridized carbons (Fsp3) is 1.00. The van der Waals surface area contributed by atoms with Crippen LogP contribution in [0.1, 0.15) is 52.4 Å². The van der Waals surface area contributed by atoms with Crippen molar-refractivity contribution in [1.29, 1.82) is 0 Å². The zero-order valence-corrected chi connectivity index (χ0v) is 10.4. The minimum atomic E-state index is 0.421. The molecule has 1 aliphatic heterocycles. The summed E-state index contributed by atoms with van der Waals surface area (Å²) in [5, 5.41) is 0. The first kappa shape index (κ1) is 11.4. The summed E-state index contributed by atoms with van der Waals surface area (Å²) < 4.78 is 0. The van der Waals surface area contributed by atoms with Crippen LogP contribution >= 0.6 is 0 Å². The molecule has 0 spiro atoms. The molecule has 2 nitrogen and oxygen atoms in total. The van der Waals surface area contributed by atoms with E-state index in [1.807, 2.05) is 0 Å². The highest BCUT2D eigenvalue weighted by atomic mass is 15.2. The lowest BCUT2D eigenvalue weighted by atomic mass is 9.84. The molecule has 2 rings (SSSR count). The highest BCUT2D eigenvalue weighted by Gasteiger charge is 2.40. The van der Waals surface area contributed by atoms with E-state index in [2.05, 4.69) is 18.7 Å². The molecule has 2 heteroatoms. The van der Waals surface area contributed by atoms with Crippen molar-refractivity contribution in [2.45, 2.75) is 57.9 Å². The quantitative estimate of drug-likeness (QED) is 0.775. The molecule has 2 aliphatic rings. The molecule has 2 N–H and O–H groups in total. The Morgan fingerprint density at radius 1 is 1.07 bits per heavy atom. The summed E-state index contributed by atoms with van der Waals surface area (Å²) in [7, 11) is 0. The first-order valence-corrected chi connectivity index (χ1v) is 6.53. The van der Waals surface area contributed by atoms with Crippen molar-refractivity contribution in [3.63, 3.8) is 0 Å². The van der Waals surface area contributed by atoms with Gasteiger partial charge in [-0.2, -0.15) is 0 Å². The average molecular weight is 210 g/mol. The SMILES string of the molecule is CC1(C)CCCN1CC1(CN)CCCC1. The van der Waals surface area contributed by atoms with Crippen molar-refractivity contribution >= 4 is 0 Å². The number of rotatable bonds is 3. The summed E-state index contributed by atoms with van der Waals surface area (Å²) in [5.74, 6) is 0. The fourth-order valence-corrected chi connectivity index (χ4v) is 3.41. The van der Waals surface area contributed by atoms with Crippen LogP contribution in [0.4, 0.5) is 0 Å². The Labute approximate surface area is 94.2 Å². The molecule has 0 amide bonds. The Hall–Kier alpha value is -0.0800. The Balaban J connectivity index is 2.00. The van der Waals surface area contributed by atoms with Crippen LogP contribution in [-0.4, -0.2) is 30.1 Å². The fourth-order valence-electron chi connectivity index (χ4n) is 3.41. The van der Waals surface area contributed by atoms with E-state index in [9.17, 15) is 0 Å². The van der Waals surface area contributed by atoms with Gasteiger partial charge in [0.2, 0.25) is 0 Å². The molecule has 0 radical (unpaired) electrons. The molecule has 1 heterocycles. The van der Waals surface area contributed by atoms with Crippen LogP contribution in [0.2, 0.25) is 0 Å². The summed E-state index contributed by atoms with van der Waals surface area (Å²) in [6.07, 6.45) is 8.23. The Morgan fingerprint density at radius 3 is 2.20 bits per heavy atom. The Morgan fingerprint density at radius 2 is 1.73 bits per heavy atom. The molecule has 2 fully saturated rings. The normalized spacial score (nSPS) is 29.8. The molecule has 1 saturated carbocycles. The highest BCUT2D eigenvalue weighted by molar-refractivity contribution is 4.95. The summed E-state index contributed by atoms with van der Waals surface area (Å²) >= 11 is 0. The predicted molar refractivity (Wildman–Crippen MR) is 64.8 cm³/mol. The molecule has 0 atom stereocenters. The van der Waals surface area contributed by atoms with Gasteiger partial charge in [-0.15, -0.1) is 0 Å². The number of nitrogens with zero attached hydrogens (tertiary/aromatic N) is 1. The van der Waals surface area contributed by atoms with Crippen molar-refractivity contribution in [2.75, 3.05) is 19.6 Å². The third-order valence-electron chi connectivity index (χ3n) is 4.70. The molecule has 88 valence electrons. The van der Waals surface area contributed by atoms with Crippen LogP contribution in [0.5, 0.6) is 0 Å². The highest BCUT2D eigenvalue weighted by Crippen LogP contribution is 2.41. The molecule has 1 aliphatic carbocycles. The number of hydrogen-bond donors (Lipinski definition) is 1. The van der Waals surface area contributed by atoms with Gasteiger partial charge in [-0.05, 0) is 58.0 Å². The second kappa shape index (κ2) is 4.06. The largest absolute Gasteiger partial charge is 0.330 e. The lowest BCUT2D eigenvalue weighted by Crippen LogP contribution is -2.47. The van der Waals surface area contributed by atoms with Crippen LogP contribution in [0, 0.1) is 5.41 Å². The molecule has 0 unspecified atom stereocenters. The van der Waals surface area contributed by atoms with Crippen molar-refractivity contribution in [2.24, 2.45) is 11.1 Å². The molecule has 0 bridgehead atoms. The summed E-state index contributed by atoms with van der Waals surface area (Å²) in [5.41, 5.74) is 6.89. The van der Waals surface area contributed by atoms with E-state index in [0.717, 1.165) is 6.54 Å². The number of hydrogen-bond acceptors (Lipinski definition) is 2. The lowest BCUT2D eigenvalue weighted by molar-refractivity contribution is 0.101. The number of nitrogens with two attached hydrogens (primary N) is 1. The van der Waals surface area contributed by atoms with Gasteiger partial charge in [-0.3, -0.25) is 4.90 Å². The second-order valence-corrected chi connectivity index (χ2v) is 6.25. The van der Waals surface area contributed by atoms with E-state index in [4.69, 9.17) is 5.73 Å². The predicted octanol–water partition coefficient (Wildman–Crippen LogP) is 2.38. The maximum atomic E-state index is 6.01. The van der Waals surface area contributed by atoms with Crippen LogP contribution in [-0.2, 0) is 0 Å². The standard InChI is InChI=1S/C13H26N2/c1-12(2)6-5-9-15(12)11-13(10-14)7-3-4-8-13/h3-11,14H2,1-2H3. The van der Waals surface area contributed by atoms with Gasteiger partial charge in [-0.1, -0.05) is 12.8 Å². The molecule has 0 aromatic rings. The maximum absolute atomic E-state index is 6.01. The first-order chi connectivity index (χ1) is 7.08. The zero-order chi connectivity index (χ0) is 10.9. The molecular weight excluding hydrogens is 184 g/mol. The van der Waals surface area contributed by atoms with E-state index in [1.165, 1.54) is 51.6 Å². The zero-order valence-electron chi connectivity index (χ0n) is 10.4. The smallest absolute Gasteiger partial charge is 0.0153 e. The van der Waals surface area contributed by atoms with Gasteiger partial charge < -0.3 is 5.73 Å². The van der Waals surface area contributed by atoms with E-state index in [-0.39, 0.29) is 0 Å². The van der Waals surface area contributed by atoms with Gasteiger partial charge >= 0.3 is 0 Å². The number of likely N-dealkylation sites (tertiary alicyclic amines) is 1. The summed E-state index contributed by atoms with van der Waals surface area (Å²) in [6, 6.07) is 0. The van der Waals surface area contributed by atoms with Crippen LogP contribution in [0.15, 0.2) is 0 Å². The van der Waals surface area contributed by atoms with Gasteiger partial charge in [0, 0.05) is 12.1 Å². The minimum Gasteiger partial charge on any atom is -0.330 e. The Bertz CT molecular complexity index is 217. The lowest BCUT2D eigenvalue weighted by Gasteiger charge is -2.39. The van der Waals surface area contributed by atoms with E-state index >= 15 is 0 Å². The van der Waals surface area contributed by atoms with Crippen molar-refractivity contribution in [3.8, 4) is 0 Å². The molecule has 15 heavy (non-hydrogen) atoms. The first-order valence-electron chi connectivity index (χ1n) is 6.53. The molecule has 0 aromatic carbocycles. The summed E-state index contributed by atoms with van der Waals surface area (Å²) in [4.78, 5) is 2.69. The topological polar surface area (TPSA) is 29.3 Å². The van der Waals surface area contributed by atoms with Gasteiger partial charge in [0.05, 0.1) is 0 Å². The van der Waals surface area contributed by atoms with Gasteiger partial charge in [0.1, 0.15) is 0 Å². The monoisotopic (exact) mass is 210 g/mol. The van der Waals surface area contributed by atoms with E-state index in [1.54, 1.807) is 0 Å². The van der Waals surface area contributed by atoms with E-state index < -0.39 is 0 Å². The minimum absolute atomic E-state index is 0.421. The van der Waals surface area contributed by atoms with Gasteiger partial charge in [0.25, 0.3) is 0 Å². The van der Waals surface area contributed by atoms with Gasteiger partial charge in [0.15, 0.2) is 0 Å². The maximum Gasteiger partial charge on any atom is 0.0153 e. The Kier molecular flexibility index (Phi) is 3.09. The van der Waals surface area contributed by atoms with Crippen molar-refractivity contribution in [3.05, 3.63) is 0 Å². The van der Waals surface area contributed by atoms with Crippen LogP contribution < -0.4 is 5.73 Å². The summed E-state index contributed by atoms with van der Waals surface area (Å²) in [6.45, 7) is 8.20. The van der Waals surface area contributed by atoms with Crippen molar-refractivity contribution < 1.29 is 0 Å². The third-order valence-corrected chi connectivity index (χ3v) is 4.70. The van der Waals surface area contributed by atoms with Crippen LogP contribution in [0.25, 0.3) is 0 Å². The van der Waals surface area contributed by atoms with Crippen LogP contribution in [0.3, 0.4) is 0 Å². The average Bonchev–Trinajstić information content (AvgIpc) is 2.76. The van der Waals surface area contributed by atoms with E-state index in [0.29, 0.717) is 11.0 Å². The molecule has 0 aromatic heterocycles. The second-order valence-electron chi connectivity index (χ2n) is 6.25. The van der Waals surface area contributed by atoms with Gasteiger partial charge in [-0.25, -0.2) is 0 Å². The van der Waals surface area contributed by atoms with Crippen molar-refractivity contribution in [1.82, 2.24) is 4.90 Å². The third kappa shape index (κ3) is 2.21.